The molecule has 3 heterocycles. The predicted octanol–water partition coefficient (Wildman–Crippen LogP) is 2.31. The summed E-state index contributed by atoms with van der Waals surface area (Å²) in [6.07, 6.45) is 2.64. The number of hydrogen-bond donors (Lipinski definition) is 1. The Morgan fingerprint density at radius 2 is 2.27 bits per heavy atom. The van der Waals surface area contributed by atoms with Crippen LogP contribution in [0.15, 0.2) is 35.2 Å². The predicted molar refractivity (Wildman–Crippen MR) is 85.8 cm³/mol. The monoisotopic (exact) mass is 312 g/mol. The topological polar surface area (TPSA) is 51.2 Å². The van der Waals surface area contributed by atoms with Gasteiger partial charge in [-0.2, -0.15) is 11.3 Å². The minimum absolute atomic E-state index is 0.149. The van der Waals surface area contributed by atoms with Crippen molar-refractivity contribution < 1.29 is 9.53 Å². The standard InChI is InChI=1S/C17H16N2O2S/c20-17(19-10-15-5-7-21-11-15)16-4-3-13(9-18-16)1-2-14-6-8-22-12-14/h3-4,6,8-9,12,15H,5,7,10-11H2,(H,19,20). The number of amides is 1. The summed E-state index contributed by atoms with van der Waals surface area (Å²) in [7, 11) is 0. The summed E-state index contributed by atoms with van der Waals surface area (Å²) < 4.78 is 5.29. The van der Waals surface area contributed by atoms with Crippen LogP contribution in [0, 0.1) is 17.8 Å². The second-order valence-electron chi connectivity index (χ2n) is 5.13. The molecule has 2 aromatic rings. The third-order valence-corrected chi connectivity index (χ3v) is 4.13. The summed E-state index contributed by atoms with van der Waals surface area (Å²) in [6, 6.07) is 5.50. The summed E-state index contributed by atoms with van der Waals surface area (Å²) in [5, 5.41) is 6.88. The summed E-state index contributed by atoms with van der Waals surface area (Å²) in [6.45, 7) is 2.15. The van der Waals surface area contributed by atoms with Crippen LogP contribution in [-0.2, 0) is 4.74 Å². The van der Waals surface area contributed by atoms with Gasteiger partial charge < -0.3 is 10.1 Å². The highest BCUT2D eigenvalue weighted by Gasteiger charge is 2.17. The first-order valence-electron chi connectivity index (χ1n) is 7.17. The Hall–Kier alpha value is -2.16. The molecule has 1 N–H and O–H groups in total. The first-order chi connectivity index (χ1) is 10.8. The second-order valence-corrected chi connectivity index (χ2v) is 5.91. The van der Waals surface area contributed by atoms with Crippen molar-refractivity contribution in [3.63, 3.8) is 0 Å². The number of aromatic nitrogens is 1. The lowest BCUT2D eigenvalue weighted by Crippen LogP contribution is -2.30. The van der Waals surface area contributed by atoms with E-state index in [2.05, 4.69) is 22.1 Å². The van der Waals surface area contributed by atoms with Crippen LogP contribution < -0.4 is 5.32 Å². The van der Waals surface area contributed by atoms with E-state index in [0.29, 0.717) is 18.2 Å². The normalized spacial score (nSPS) is 16.8. The molecule has 0 radical (unpaired) electrons. The molecule has 0 bridgehead atoms. The van der Waals surface area contributed by atoms with Gasteiger partial charge in [0.15, 0.2) is 0 Å². The van der Waals surface area contributed by atoms with Gasteiger partial charge in [0, 0.05) is 41.8 Å². The van der Waals surface area contributed by atoms with Gasteiger partial charge in [0.2, 0.25) is 0 Å². The van der Waals surface area contributed by atoms with Crippen molar-refractivity contribution in [2.45, 2.75) is 6.42 Å². The van der Waals surface area contributed by atoms with Gasteiger partial charge in [-0.05, 0) is 30.0 Å². The molecule has 1 saturated heterocycles. The van der Waals surface area contributed by atoms with Crippen molar-refractivity contribution >= 4 is 17.2 Å². The Kier molecular flexibility index (Phi) is 4.84. The average Bonchev–Trinajstić information content (AvgIpc) is 3.24. The Morgan fingerprint density at radius 3 is 2.95 bits per heavy atom. The molecule has 1 aliphatic heterocycles. The third kappa shape index (κ3) is 3.94. The van der Waals surface area contributed by atoms with E-state index in [4.69, 9.17) is 4.74 Å². The van der Waals surface area contributed by atoms with Crippen molar-refractivity contribution in [2.75, 3.05) is 19.8 Å². The molecule has 112 valence electrons. The molecule has 5 heteroatoms. The van der Waals surface area contributed by atoms with Crippen molar-refractivity contribution in [3.05, 3.63) is 52.0 Å². The molecule has 3 rings (SSSR count). The highest BCUT2D eigenvalue weighted by Crippen LogP contribution is 2.11. The minimum atomic E-state index is -0.149. The van der Waals surface area contributed by atoms with Crippen LogP contribution in [0.3, 0.4) is 0 Å². The van der Waals surface area contributed by atoms with Gasteiger partial charge in [0.25, 0.3) is 5.91 Å². The lowest BCUT2D eigenvalue weighted by Gasteiger charge is -2.08. The number of hydrogen-bond acceptors (Lipinski definition) is 4. The number of carbonyl (C=O) groups excluding carboxylic acids is 1. The molecular formula is C17H16N2O2S. The summed E-state index contributed by atoms with van der Waals surface area (Å²) >= 11 is 1.62. The zero-order valence-corrected chi connectivity index (χ0v) is 12.9. The molecule has 1 atom stereocenters. The molecule has 0 saturated carbocycles. The average molecular weight is 312 g/mol. The van der Waals surface area contributed by atoms with E-state index in [1.807, 2.05) is 22.9 Å². The molecule has 1 amide bonds. The fourth-order valence-electron chi connectivity index (χ4n) is 2.15. The zero-order valence-electron chi connectivity index (χ0n) is 12.0. The number of nitrogens with one attached hydrogen (secondary N) is 1. The van der Waals surface area contributed by atoms with Crippen molar-refractivity contribution in [3.8, 4) is 11.8 Å². The van der Waals surface area contributed by atoms with Gasteiger partial charge in [-0.3, -0.25) is 4.79 Å². The van der Waals surface area contributed by atoms with E-state index in [0.717, 1.165) is 30.8 Å². The van der Waals surface area contributed by atoms with Crippen LogP contribution in [0.5, 0.6) is 0 Å². The van der Waals surface area contributed by atoms with Crippen LogP contribution in [0.4, 0.5) is 0 Å². The first kappa shape index (κ1) is 14.8. The van der Waals surface area contributed by atoms with Gasteiger partial charge in [-0.25, -0.2) is 4.98 Å². The van der Waals surface area contributed by atoms with Crippen LogP contribution in [0.2, 0.25) is 0 Å². The van der Waals surface area contributed by atoms with Crippen molar-refractivity contribution in [2.24, 2.45) is 5.92 Å². The number of nitrogens with zero attached hydrogens (tertiary/aromatic N) is 1. The van der Waals surface area contributed by atoms with Gasteiger partial charge in [0.05, 0.1) is 6.61 Å². The number of ether oxygens (including phenoxy) is 1. The van der Waals surface area contributed by atoms with Crippen LogP contribution in [-0.4, -0.2) is 30.6 Å². The third-order valence-electron chi connectivity index (χ3n) is 3.44. The van der Waals surface area contributed by atoms with Gasteiger partial charge in [-0.15, -0.1) is 0 Å². The SMILES string of the molecule is O=C(NCC1CCOC1)c1ccc(C#Cc2ccsc2)cn1. The Balaban J connectivity index is 1.57. The Morgan fingerprint density at radius 1 is 1.36 bits per heavy atom. The van der Waals surface area contributed by atoms with Crippen LogP contribution in [0.1, 0.15) is 28.0 Å². The van der Waals surface area contributed by atoms with E-state index in [1.165, 1.54) is 0 Å². The fourth-order valence-corrected chi connectivity index (χ4v) is 2.74. The van der Waals surface area contributed by atoms with Crippen LogP contribution >= 0.6 is 11.3 Å². The zero-order chi connectivity index (χ0) is 15.2. The second kappa shape index (κ2) is 7.21. The van der Waals surface area contributed by atoms with E-state index in [1.54, 1.807) is 23.6 Å². The highest BCUT2D eigenvalue weighted by atomic mass is 32.1. The molecule has 0 spiro atoms. The Labute approximate surface area is 133 Å². The maximum atomic E-state index is 12.0. The maximum Gasteiger partial charge on any atom is 0.269 e. The van der Waals surface area contributed by atoms with Gasteiger partial charge in [-0.1, -0.05) is 11.8 Å². The molecular weight excluding hydrogens is 296 g/mol. The smallest absolute Gasteiger partial charge is 0.269 e. The Bertz CT molecular complexity index is 678. The number of carbonyl (C=O) groups is 1. The van der Waals surface area contributed by atoms with Crippen molar-refractivity contribution in [1.82, 2.24) is 10.3 Å². The molecule has 4 nitrogen and oxygen atoms in total. The molecule has 1 fully saturated rings. The quantitative estimate of drug-likeness (QED) is 0.885. The molecule has 1 unspecified atom stereocenters. The lowest BCUT2D eigenvalue weighted by atomic mass is 10.1. The summed E-state index contributed by atoms with van der Waals surface area (Å²) in [5.74, 6) is 6.36. The highest BCUT2D eigenvalue weighted by molar-refractivity contribution is 7.08. The fraction of sp³-hybridized carbons (Fsp3) is 0.294. The van der Waals surface area contributed by atoms with Crippen molar-refractivity contribution in [1.29, 1.82) is 0 Å². The molecule has 2 aromatic heterocycles. The number of thiophene rings is 1. The molecule has 22 heavy (non-hydrogen) atoms. The molecule has 0 aromatic carbocycles. The van der Waals surface area contributed by atoms with E-state index < -0.39 is 0 Å². The summed E-state index contributed by atoms with van der Waals surface area (Å²) in [5.41, 5.74) is 2.21. The maximum absolute atomic E-state index is 12.0. The van der Waals surface area contributed by atoms with E-state index in [-0.39, 0.29) is 5.91 Å². The summed E-state index contributed by atoms with van der Waals surface area (Å²) in [4.78, 5) is 16.2. The minimum Gasteiger partial charge on any atom is -0.381 e. The lowest BCUT2D eigenvalue weighted by molar-refractivity contribution is 0.0940. The van der Waals surface area contributed by atoms with E-state index in [9.17, 15) is 4.79 Å². The number of rotatable bonds is 3. The van der Waals surface area contributed by atoms with Crippen LogP contribution in [0.25, 0.3) is 0 Å². The van der Waals surface area contributed by atoms with E-state index >= 15 is 0 Å². The largest absolute Gasteiger partial charge is 0.381 e. The van der Waals surface area contributed by atoms with Gasteiger partial charge >= 0.3 is 0 Å². The first-order valence-corrected chi connectivity index (χ1v) is 8.12. The van der Waals surface area contributed by atoms with Gasteiger partial charge in [0.1, 0.15) is 5.69 Å². The molecule has 1 aliphatic rings. The number of pyridine rings is 1. The molecule has 0 aliphatic carbocycles.